The highest BCUT2D eigenvalue weighted by atomic mass is 35.5. The Morgan fingerprint density at radius 2 is 2.38 bits per heavy atom. The molecule has 0 N–H and O–H groups in total. The lowest BCUT2D eigenvalue weighted by Gasteiger charge is -2.00. The summed E-state index contributed by atoms with van der Waals surface area (Å²) in [5.74, 6) is 4.66. The molecule has 1 heterocycles. The summed E-state index contributed by atoms with van der Waals surface area (Å²) in [4.78, 5) is 14.9. The third-order valence-corrected chi connectivity index (χ3v) is 1.86. The van der Waals surface area contributed by atoms with E-state index in [0.29, 0.717) is 23.1 Å². The average Bonchev–Trinajstić information content (AvgIpc) is 2.27. The highest BCUT2D eigenvalue weighted by Gasteiger charge is 2.01. The Morgan fingerprint density at radius 1 is 1.62 bits per heavy atom. The van der Waals surface area contributed by atoms with Gasteiger partial charge in [0.1, 0.15) is 5.02 Å². The molecule has 0 spiro atoms. The molecule has 0 aliphatic carbocycles. The lowest BCUT2D eigenvalue weighted by atomic mass is 10.3. The second-order valence-electron chi connectivity index (χ2n) is 2.69. The normalized spacial score (nSPS) is 8.94. The minimum atomic E-state index is -0.575. The van der Waals surface area contributed by atoms with Crippen LogP contribution in [0.25, 0.3) is 0 Å². The molecular weight excluding hydrogens is 230 g/mol. The zero-order valence-electron chi connectivity index (χ0n) is 8.91. The van der Waals surface area contributed by atoms with E-state index in [-0.39, 0.29) is 0 Å². The van der Waals surface area contributed by atoms with Crippen LogP contribution < -0.4 is 4.74 Å². The molecule has 0 saturated carbocycles. The van der Waals surface area contributed by atoms with Gasteiger partial charge in [-0.3, -0.25) is 0 Å². The number of carbonyl (C=O) groups is 1. The van der Waals surface area contributed by atoms with Gasteiger partial charge < -0.3 is 9.47 Å². The van der Waals surface area contributed by atoms with E-state index >= 15 is 0 Å². The van der Waals surface area contributed by atoms with E-state index in [1.54, 1.807) is 13.0 Å². The molecule has 1 aromatic rings. The Morgan fingerprint density at radius 3 is 2.94 bits per heavy atom. The Kier molecular flexibility index (Phi) is 4.62. The predicted octanol–water partition coefficient (Wildman–Crippen LogP) is 1.66. The van der Waals surface area contributed by atoms with Crippen LogP contribution in [0, 0.1) is 11.8 Å². The highest BCUT2D eigenvalue weighted by molar-refractivity contribution is 6.31. The quantitative estimate of drug-likeness (QED) is 0.582. The van der Waals surface area contributed by atoms with Crippen LogP contribution in [0.2, 0.25) is 5.02 Å². The number of hydrogen-bond acceptors (Lipinski definition) is 4. The number of esters is 1. The number of aromatic nitrogens is 1. The van der Waals surface area contributed by atoms with Crippen LogP contribution in [0.3, 0.4) is 0 Å². The van der Waals surface area contributed by atoms with Gasteiger partial charge >= 0.3 is 5.97 Å². The molecule has 5 heteroatoms. The zero-order valence-corrected chi connectivity index (χ0v) is 9.67. The van der Waals surface area contributed by atoms with Crippen molar-refractivity contribution >= 4 is 17.6 Å². The summed E-state index contributed by atoms with van der Waals surface area (Å²) in [6.45, 7) is 2.01. The van der Waals surface area contributed by atoms with Gasteiger partial charge in [0, 0.05) is 17.7 Å². The number of carbonyl (C=O) groups excluding carboxylic acids is 1. The zero-order chi connectivity index (χ0) is 12.0. The van der Waals surface area contributed by atoms with Crippen LogP contribution in [-0.4, -0.2) is 24.7 Å². The Bertz CT molecular complexity index is 448. The number of hydrogen-bond donors (Lipinski definition) is 0. The van der Waals surface area contributed by atoms with Crippen molar-refractivity contribution in [1.82, 2.24) is 4.98 Å². The Balaban J connectivity index is 2.82. The van der Waals surface area contributed by atoms with Crippen molar-refractivity contribution in [2.45, 2.75) is 6.92 Å². The first-order valence-corrected chi connectivity index (χ1v) is 4.93. The van der Waals surface area contributed by atoms with Gasteiger partial charge in [-0.2, -0.15) is 0 Å². The van der Waals surface area contributed by atoms with Crippen LogP contribution in [0.4, 0.5) is 0 Å². The third kappa shape index (κ3) is 3.44. The fourth-order valence-corrected chi connectivity index (χ4v) is 1.18. The Hall–Kier alpha value is -1.73. The van der Waals surface area contributed by atoms with E-state index in [9.17, 15) is 4.79 Å². The maximum atomic E-state index is 11.0. The van der Waals surface area contributed by atoms with Gasteiger partial charge in [0.05, 0.1) is 13.7 Å². The Labute approximate surface area is 98.5 Å². The van der Waals surface area contributed by atoms with Crippen LogP contribution in [0.15, 0.2) is 12.3 Å². The smallest absolute Gasteiger partial charge is 0.384 e. The van der Waals surface area contributed by atoms with Gasteiger partial charge in [-0.15, -0.1) is 0 Å². The van der Waals surface area contributed by atoms with Crippen LogP contribution in [-0.2, 0) is 9.53 Å². The van der Waals surface area contributed by atoms with Crippen LogP contribution in [0.5, 0.6) is 5.88 Å². The van der Waals surface area contributed by atoms with Crippen molar-refractivity contribution in [1.29, 1.82) is 0 Å². The summed E-state index contributed by atoms with van der Waals surface area (Å²) in [6, 6.07) is 1.57. The molecule has 0 aromatic carbocycles. The van der Waals surface area contributed by atoms with E-state index in [4.69, 9.17) is 16.3 Å². The highest BCUT2D eigenvalue weighted by Crippen LogP contribution is 2.21. The van der Waals surface area contributed by atoms with Gasteiger partial charge in [-0.25, -0.2) is 9.78 Å². The van der Waals surface area contributed by atoms with Crippen molar-refractivity contribution in [2.24, 2.45) is 0 Å². The molecule has 1 aromatic heterocycles. The first kappa shape index (κ1) is 12.3. The number of halogens is 1. The number of nitrogens with zero attached hydrogens (tertiary/aromatic N) is 1. The summed E-state index contributed by atoms with van der Waals surface area (Å²) in [5, 5.41) is 0.346. The van der Waals surface area contributed by atoms with Crippen molar-refractivity contribution in [3.05, 3.63) is 22.8 Å². The van der Waals surface area contributed by atoms with Crippen molar-refractivity contribution in [2.75, 3.05) is 13.7 Å². The van der Waals surface area contributed by atoms with E-state index in [0.717, 1.165) is 0 Å². The summed E-state index contributed by atoms with van der Waals surface area (Å²) in [7, 11) is 1.47. The summed E-state index contributed by atoms with van der Waals surface area (Å²) in [6.07, 6.45) is 1.47. The van der Waals surface area contributed by atoms with Gasteiger partial charge in [-0.1, -0.05) is 17.5 Å². The summed E-state index contributed by atoms with van der Waals surface area (Å²) >= 11 is 5.83. The molecule has 0 saturated heterocycles. The second kappa shape index (κ2) is 5.99. The molecule has 0 amide bonds. The molecule has 84 valence electrons. The van der Waals surface area contributed by atoms with Gasteiger partial charge in [-0.05, 0) is 13.0 Å². The standard InChI is InChI=1S/C11H10ClNO3/c1-3-16-10(14)5-4-8-6-9(12)11(15-2)13-7-8/h6-7H,3H2,1-2H3. The maximum absolute atomic E-state index is 11.0. The molecule has 0 radical (unpaired) electrons. The predicted molar refractivity (Wildman–Crippen MR) is 59.3 cm³/mol. The van der Waals surface area contributed by atoms with Crippen molar-refractivity contribution in [3.63, 3.8) is 0 Å². The molecule has 0 aliphatic heterocycles. The molecule has 16 heavy (non-hydrogen) atoms. The number of methoxy groups -OCH3 is 1. The van der Waals surface area contributed by atoms with Crippen molar-refractivity contribution in [3.8, 4) is 17.7 Å². The molecule has 0 fully saturated rings. The average molecular weight is 240 g/mol. The van der Waals surface area contributed by atoms with Crippen LogP contribution >= 0.6 is 11.6 Å². The molecule has 0 unspecified atom stereocenters. The number of ether oxygens (including phenoxy) is 2. The summed E-state index contributed by atoms with van der Waals surface area (Å²) in [5.41, 5.74) is 0.527. The molecule has 0 atom stereocenters. The largest absolute Gasteiger partial charge is 0.480 e. The lowest BCUT2D eigenvalue weighted by Crippen LogP contribution is -1.99. The topological polar surface area (TPSA) is 48.4 Å². The van der Waals surface area contributed by atoms with Gasteiger partial charge in [0.15, 0.2) is 0 Å². The van der Waals surface area contributed by atoms with E-state index < -0.39 is 5.97 Å². The SMILES string of the molecule is CCOC(=O)C#Cc1cnc(OC)c(Cl)c1. The second-order valence-corrected chi connectivity index (χ2v) is 3.09. The van der Waals surface area contributed by atoms with Gasteiger partial charge in [0.25, 0.3) is 0 Å². The van der Waals surface area contributed by atoms with E-state index in [1.807, 2.05) is 0 Å². The first-order chi connectivity index (χ1) is 7.67. The fourth-order valence-electron chi connectivity index (χ4n) is 0.934. The van der Waals surface area contributed by atoms with Crippen LogP contribution in [0.1, 0.15) is 12.5 Å². The first-order valence-electron chi connectivity index (χ1n) is 4.55. The van der Waals surface area contributed by atoms with Crippen molar-refractivity contribution < 1.29 is 14.3 Å². The number of pyridine rings is 1. The molecule has 4 nitrogen and oxygen atoms in total. The monoisotopic (exact) mass is 239 g/mol. The molecular formula is C11H10ClNO3. The number of rotatable bonds is 2. The molecule has 1 rings (SSSR count). The molecule has 0 aliphatic rings. The van der Waals surface area contributed by atoms with E-state index in [1.165, 1.54) is 13.3 Å². The lowest BCUT2D eigenvalue weighted by molar-refractivity contribution is -0.136. The van der Waals surface area contributed by atoms with E-state index in [2.05, 4.69) is 21.6 Å². The molecule has 0 bridgehead atoms. The third-order valence-electron chi connectivity index (χ3n) is 1.59. The van der Waals surface area contributed by atoms with Gasteiger partial charge in [0.2, 0.25) is 5.88 Å². The maximum Gasteiger partial charge on any atom is 0.384 e. The minimum Gasteiger partial charge on any atom is -0.480 e. The summed E-state index contributed by atoms with van der Waals surface area (Å²) < 4.78 is 9.53. The fraction of sp³-hybridized carbons (Fsp3) is 0.273. The minimum absolute atomic E-state index is 0.301.